The lowest BCUT2D eigenvalue weighted by atomic mass is 10.1. The standard InChI is InChI=1S/C21H21F2N3O4/c22-18-6-5-16(26(29)30)14-17(18)21(28)25-10-8-24(9-11-25)20-7-4-15(13-19(20)23)3-1-2-12-27/h4-7,12-14H,1-3,8-11H2. The van der Waals surface area contributed by atoms with E-state index in [1.165, 1.54) is 11.0 Å². The molecule has 0 atom stereocenters. The minimum atomic E-state index is -0.816. The molecular weight excluding hydrogens is 396 g/mol. The van der Waals surface area contributed by atoms with Crippen LogP contribution in [0.1, 0.15) is 28.8 Å². The van der Waals surface area contributed by atoms with Crippen LogP contribution in [0.3, 0.4) is 0 Å². The van der Waals surface area contributed by atoms with Crippen molar-refractivity contribution >= 4 is 23.6 Å². The van der Waals surface area contributed by atoms with Crippen LogP contribution in [-0.2, 0) is 11.2 Å². The number of aldehydes is 1. The monoisotopic (exact) mass is 417 g/mol. The molecule has 0 aliphatic carbocycles. The van der Waals surface area contributed by atoms with Gasteiger partial charge >= 0.3 is 0 Å². The first kappa shape index (κ1) is 21.4. The highest BCUT2D eigenvalue weighted by atomic mass is 19.1. The Hall–Kier alpha value is -3.36. The molecule has 1 heterocycles. The van der Waals surface area contributed by atoms with Crippen LogP contribution in [0.5, 0.6) is 0 Å². The summed E-state index contributed by atoms with van der Waals surface area (Å²) >= 11 is 0. The number of halogens is 2. The first-order valence-electron chi connectivity index (χ1n) is 9.61. The smallest absolute Gasteiger partial charge is 0.270 e. The number of hydrogen-bond donors (Lipinski definition) is 0. The molecular formula is C21H21F2N3O4. The van der Waals surface area contributed by atoms with Crippen LogP contribution >= 0.6 is 0 Å². The third kappa shape index (κ3) is 4.79. The highest BCUT2D eigenvalue weighted by Gasteiger charge is 2.26. The highest BCUT2D eigenvalue weighted by Crippen LogP contribution is 2.24. The zero-order valence-electron chi connectivity index (χ0n) is 16.2. The molecule has 0 N–H and O–H groups in total. The quantitative estimate of drug-likeness (QED) is 0.299. The molecule has 0 bridgehead atoms. The van der Waals surface area contributed by atoms with Gasteiger partial charge in [0.15, 0.2) is 0 Å². The number of aryl methyl sites for hydroxylation is 1. The van der Waals surface area contributed by atoms with Crippen molar-refractivity contribution in [3.05, 3.63) is 69.3 Å². The molecule has 3 rings (SSSR count). The first-order valence-corrected chi connectivity index (χ1v) is 9.61. The van der Waals surface area contributed by atoms with Gasteiger partial charge < -0.3 is 14.6 Å². The topological polar surface area (TPSA) is 83.8 Å². The van der Waals surface area contributed by atoms with Gasteiger partial charge in [-0.05, 0) is 36.6 Å². The number of nitro groups is 1. The number of hydrogen-bond acceptors (Lipinski definition) is 5. The van der Waals surface area contributed by atoms with Crippen LogP contribution in [0.2, 0.25) is 0 Å². The summed E-state index contributed by atoms with van der Waals surface area (Å²) in [6.07, 6.45) is 2.56. The van der Waals surface area contributed by atoms with Gasteiger partial charge in [0.05, 0.1) is 16.2 Å². The Bertz CT molecular complexity index is 959. The van der Waals surface area contributed by atoms with Crippen molar-refractivity contribution in [1.29, 1.82) is 0 Å². The predicted molar refractivity (Wildman–Crippen MR) is 107 cm³/mol. The van der Waals surface area contributed by atoms with Crippen molar-refractivity contribution in [2.45, 2.75) is 19.3 Å². The fraction of sp³-hybridized carbons (Fsp3) is 0.333. The second-order valence-corrected chi connectivity index (χ2v) is 7.05. The van der Waals surface area contributed by atoms with Crippen molar-refractivity contribution in [1.82, 2.24) is 4.90 Å². The van der Waals surface area contributed by atoms with Crippen LogP contribution in [0.4, 0.5) is 20.2 Å². The van der Waals surface area contributed by atoms with E-state index in [0.29, 0.717) is 38.0 Å². The van der Waals surface area contributed by atoms with E-state index in [1.807, 2.05) is 6.07 Å². The number of unbranched alkanes of at least 4 members (excludes halogenated alkanes) is 1. The summed E-state index contributed by atoms with van der Waals surface area (Å²) in [6, 6.07) is 7.81. The normalized spacial score (nSPS) is 13.9. The van der Waals surface area contributed by atoms with Gasteiger partial charge in [0.2, 0.25) is 0 Å². The van der Waals surface area contributed by atoms with E-state index in [1.54, 1.807) is 11.0 Å². The van der Waals surface area contributed by atoms with Gasteiger partial charge in [-0.2, -0.15) is 0 Å². The average Bonchev–Trinajstić information content (AvgIpc) is 2.74. The minimum Gasteiger partial charge on any atom is -0.366 e. The van der Waals surface area contributed by atoms with Gasteiger partial charge in [0, 0.05) is 44.7 Å². The molecule has 0 aromatic heterocycles. The summed E-state index contributed by atoms with van der Waals surface area (Å²) in [5, 5.41) is 10.9. The number of carbonyl (C=O) groups excluding carboxylic acids is 2. The van der Waals surface area contributed by atoms with Crippen molar-refractivity contribution < 1.29 is 23.3 Å². The van der Waals surface area contributed by atoms with Crippen molar-refractivity contribution in [2.24, 2.45) is 0 Å². The van der Waals surface area contributed by atoms with Gasteiger partial charge in [-0.1, -0.05) is 6.07 Å². The number of non-ortho nitro benzene ring substituents is 1. The number of amides is 1. The van der Waals surface area contributed by atoms with Gasteiger partial charge in [-0.3, -0.25) is 14.9 Å². The second-order valence-electron chi connectivity index (χ2n) is 7.05. The maximum absolute atomic E-state index is 14.5. The molecule has 0 unspecified atom stereocenters. The lowest BCUT2D eigenvalue weighted by Crippen LogP contribution is -2.49. The number of nitro benzene ring substituents is 1. The Morgan fingerprint density at radius 2 is 1.80 bits per heavy atom. The lowest BCUT2D eigenvalue weighted by molar-refractivity contribution is -0.384. The molecule has 1 amide bonds. The molecule has 2 aromatic rings. The molecule has 1 saturated heterocycles. The second kappa shape index (κ2) is 9.43. The summed E-state index contributed by atoms with van der Waals surface area (Å²) in [5.74, 6) is -1.81. The van der Waals surface area contributed by atoms with E-state index in [2.05, 4.69) is 0 Å². The minimum absolute atomic E-state index is 0.238. The maximum Gasteiger partial charge on any atom is 0.270 e. The Kier molecular flexibility index (Phi) is 6.71. The van der Waals surface area contributed by atoms with Crippen LogP contribution < -0.4 is 4.90 Å². The zero-order chi connectivity index (χ0) is 21.7. The van der Waals surface area contributed by atoms with E-state index in [9.17, 15) is 28.5 Å². The summed E-state index contributed by atoms with van der Waals surface area (Å²) in [5.41, 5.74) is 0.535. The molecule has 1 aliphatic heterocycles. The summed E-state index contributed by atoms with van der Waals surface area (Å²) in [6.45, 7) is 1.18. The summed E-state index contributed by atoms with van der Waals surface area (Å²) in [4.78, 5) is 36.4. The van der Waals surface area contributed by atoms with E-state index in [0.717, 1.165) is 30.0 Å². The maximum atomic E-state index is 14.5. The van der Waals surface area contributed by atoms with E-state index >= 15 is 0 Å². The van der Waals surface area contributed by atoms with Crippen LogP contribution in [0.15, 0.2) is 36.4 Å². The summed E-state index contributed by atoms with van der Waals surface area (Å²) in [7, 11) is 0. The Morgan fingerprint density at radius 3 is 2.43 bits per heavy atom. The Balaban J connectivity index is 1.65. The number of carbonyl (C=O) groups is 2. The van der Waals surface area contributed by atoms with Crippen LogP contribution in [0.25, 0.3) is 0 Å². The van der Waals surface area contributed by atoms with E-state index < -0.39 is 16.6 Å². The van der Waals surface area contributed by atoms with Crippen molar-refractivity contribution in [3.63, 3.8) is 0 Å². The molecule has 0 spiro atoms. The molecule has 30 heavy (non-hydrogen) atoms. The number of nitrogens with zero attached hydrogens (tertiary/aromatic N) is 3. The molecule has 2 aromatic carbocycles. The van der Waals surface area contributed by atoms with Crippen molar-refractivity contribution in [2.75, 3.05) is 31.1 Å². The molecule has 158 valence electrons. The number of benzene rings is 2. The van der Waals surface area contributed by atoms with E-state index in [4.69, 9.17) is 0 Å². The van der Waals surface area contributed by atoms with Gasteiger partial charge in [-0.15, -0.1) is 0 Å². The van der Waals surface area contributed by atoms with Gasteiger partial charge in [-0.25, -0.2) is 8.78 Å². The first-order chi connectivity index (χ1) is 14.4. The van der Waals surface area contributed by atoms with Gasteiger partial charge in [0.25, 0.3) is 11.6 Å². The third-order valence-electron chi connectivity index (χ3n) is 5.10. The Morgan fingerprint density at radius 1 is 1.07 bits per heavy atom. The summed E-state index contributed by atoms with van der Waals surface area (Å²) < 4.78 is 28.6. The van der Waals surface area contributed by atoms with Crippen LogP contribution in [0, 0.1) is 21.7 Å². The molecule has 7 nitrogen and oxygen atoms in total. The largest absolute Gasteiger partial charge is 0.366 e. The SMILES string of the molecule is O=CCCCc1ccc(N2CCN(C(=O)c3cc([N+](=O)[O-])ccc3F)CC2)c(F)c1. The highest BCUT2D eigenvalue weighted by molar-refractivity contribution is 5.95. The molecule has 9 heteroatoms. The average molecular weight is 417 g/mol. The lowest BCUT2D eigenvalue weighted by Gasteiger charge is -2.36. The zero-order valence-corrected chi connectivity index (χ0v) is 16.2. The third-order valence-corrected chi connectivity index (χ3v) is 5.10. The fourth-order valence-corrected chi connectivity index (χ4v) is 3.46. The predicted octanol–water partition coefficient (Wildman–Crippen LogP) is 3.36. The van der Waals surface area contributed by atoms with Crippen LogP contribution in [-0.4, -0.2) is 48.2 Å². The Labute approximate surface area is 172 Å². The molecule has 0 radical (unpaired) electrons. The molecule has 0 saturated carbocycles. The van der Waals surface area contributed by atoms with Crippen molar-refractivity contribution in [3.8, 4) is 0 Å². The fourth-order valence-electron chi connectivity index (χ4n) is 3.46. The van der Waals surface area contributed by atoms with E-state index in [-0.39, 0.29) is 30.2 Å². The number of piperazine rings is 1. The number of anilines is 1. The van der Waals surface area contributed by atoms with Gasteiger partial charge in [0.1, 0.15) is 17.9 Å². The number of rotatable bonds is 7. The molecule has 1 aliphatic rings. The molecule has 1 fully saturated rings.